The van der Waals surface area contributed by atoms with E-state index in [2.05, 4.69) is 18.7 Å². The summed E-state index contributed by atoms with van der Waals surface area (Å²) in [6, 6.07) is 0. The summed E-state index contributed by atoms with van der Waals surface area (Å²) in [5, 5.41) is 0. The average Bonchev–Trinajstić information content (AvgIpc) is 1.65. The molecule has 8 heavy (non-hydrogen) atoms. The van der Waals surface area contributed by atoms with Crippen molar-refractivity contribution in [2.75, 3.05) is 0 Å². The van der Waals surface area contributed by atoms with Crippen molar-refractivity contribution in [1.82, 2.24) is 4.84 Å². The molecule has 0 fully saturated rings. The quantitative estimate of drug-likeness (QED) is 0.449. The molecule has 0 rings (SSSR count). The second kappa shape index (κ2) is 4.22. The fraction of sp³-hybridized carbons (Fsp3) is 1.00. The van der Waals surface area contributed by atoms with E-state index in [4.69, 9.17) is 19.6 Å². The Morgan fingerprint density at radius 3 is 2.25 bits per heavy atom. The van der Waals surface area contributed by atoms with Crippen molar-refractivity contribution < 1.29 is 0 Å². The first-order chi connectivity index (χ1) is 3.66. The van der Waals surface area contributed by atoms with Crippen LogP contribution in [0.3, 0.4) is 0 Å². The zero-order valence-electron chi connectivity index (χ0n) is 5.32. The normalized spacial score (nSPS) is 14.5. The molecule has 2 radical (unpaired) electrons. The van der Waals surface area contributed by atoms with Crippen molar-refractivity contribution in [3.63, 3.8) is 0 Å². The van der Waals surface area contributed by atoms with E-state index in [9.17, 15) is 0 Å². The molecule has 0 heterocycles. The summed E-state index contributed by atoms with van der Waals surface area (Å²) in [6.45, 7) is 4.21. The molecular weight excluding hydrogens is 120 g/mol. The Bertz CT molecular complexity index is 58.4. The van der Waals surface area contributed by atoms with Crippen LogP contribution in [0.1, 0.15) is 20.3 Å². The van der Waals surface area contributed by atoms with Crippen LogP contribution in [-0.4, -0.2) is 13.8 Å². The monoisotopic (exact) mass is 131 g/mol. The Kier molecular flexibility index (Phi) is 4.39. The lowest BCUT2D eigenvalue weighted by molar-refractivity contribution is 0.555. The van der Waals surface area contributed by atoms with Gasteiger partial charge in [-0.3, -0.25) is 0 Å². The summed E-state index contributed by atoms with van der Waals surface area (Å²) >= 11 is 5.22. The molecule has 0 bridgehead atoms. The molecule has 0 aromatic heterocycles. The number of rotatable bonds is 3. The predicted molar refractivity (Wildman–Crippen MR) is 38.0 cm³/mol. The minimum Gasteiger partial charge on any atom is -0.239 e. The van der Waals surface area contributed by atoms with E-state index in [1.165, 1.54) is 0 Å². The minimum absolute atomic E-state index is 0.0586. The highest BCUT2D eigenvalue weighted by Gasteiger charge is 2.00. The topological polar surface area (TPSA) is 12.0 Å². The van der Waals surface area contributed by atoms with Crippen molar-refractivity contribution in [2.24, 2.45) is 5.92 Å². The Hall–Kier alpha value is 0.315. The second-order valence-corrected chi connectivity index (χ2v) is 2.56. The standard InChI is InChI=1S/C5H11BClN/c1-4(2)3-5(6)8-7/h4-5,8H,3H2,1-2H3/t5-/m0/s1. The lowest BCUT2D eigenvalue weighted by atomic mass is 9.89. The highest BCUT2D eigenvalue weighted by Crippen LogP contribution is 2.01. The first-order valence-electron chi connectivity index (χ1n) is 2.78. The fourth-order valence-corrected chi connectivity index (χ4v) is 0.641. The average molecular weight is 131 g/mol. The van der Waals surface area contributed by atoms with E-state index in [0.717, 1.165) is 6.42 Å². The molecule has 0 aromatic rings. The molecule has 3 heteroatoms. The van der Waals surface area contributed by atoms with Crippen molar-refractivity contribution in [1.29, 1.82) is 0 Å². The van der Waals surface area contributed by atoms with E-state index >= 15 is 0 Å². The lowest BCUT2D eigenvalue weighted by Gasteiger charge is -2.10. The van der Waals surface area contributed by atoms with Gasteiger partial charge in [-0.15, -0.1) is 0 Å². The third-order valence-corrected chi connectivity index (χ3v) is 1.15. The highest BCUT2D eigenvalue weighted by atomic mass is 35.5. The van der Waals surface area contributed by atoms with Gasteiger partial charge in [-0.05, 0) is 30.1 Å². The van der Waals surface area contributed by atoms with Crippen molar-refractivity contribution in [3.05, 3.63) is 0 Å². The number of hydrogen-bond acceptors (Lipinski definition) is 1. The Morgan fingerprint density at radius 1 is 1.62 bits per heavy atom. The highest BCUT2D eigenvalue weighted by molar-refractivity contribution is 6.20. The maximum atomic E-state index is 5.43. The molecule has 0 aliphatic carbocycles. The van der Waals surface area contributed by atoms with Crippen LogP contribution >= 0.6 is 11.8 Å². The number of hydrogen-bond donors (Lipinski definition) is 1. The largest absolute Gasteiger partial charge is 0.239 e. The molecule has 0 aromatic carbocycles. The van der Waals surface area contributed by atoms with Crippen LogP contribution in [-0.2, 0) is 0 Å². The van der Waals surface area contributed by atoms with Gasteiger partial charge < -0.3 is 0 Å². The molecule has 0 unspecified atom stereocenters. The second-order valence-electron chi connectivity index (χ2n) is 2.35. The molecule has 0 saturated heterocycles. The summed E-state index contributed by atoms with van der Waals surface area (Å²) in [5.41, 5.74) is 0. The Balaban J connectivity index is 3.10. The summed E-state index contributed by atoms with van der Waals surface area (Å²) in [5.74, 6) is 0.549. The molecule has 0 amide bonds. The summed E-state index contributed by atoms with van der Waals surface area (Å²) in [7, 11) is 5.43. The fourth-order valence-electron chi connectivity index (χ4n) is 0.552. The summed E-state index contributed by atoms with van der Waals surface area (Å²) in [4.78, 5) is 2.45. The van der Waals surface area contributed by atoms with Crippen LogP contribution in [0.15, 0.2) is 0 Å². The molecule has 0 aliphatic heterocycles. The van der Waals surface area contributed by atoms with Gasteiger partial charge in [0.1, 0.15) is 0 Å². The molecular formula is C5H11BClN. The van der Waals surface area contributed by atoms with Crippen molar-refractivity contribution in [2.45, 2.75) is 26.2 Å². The van der Waals surface area contributed by atoms with Crippen LogP contribution < -0.4 is 4.84 Å². The smallest absolute Gasteiger partial charge is 0.0925 e. The third kappa shape index (κ3) is 4.47. The van der Waals surface area contributed by atoms with E-state index in [1.54, 1.807) is 0 Å². The van der Waals surface area contributed by atoms with Gasteiger partial charge in [-0.25, -0.2) is 4.84 Å². The Labute approximate surface area is 57.3 Å². The van der Waals surface area contributed by atoms with E-state index in [-0.39, 0.29) is 5.94 Å². The van der Waals surface area contributed by atoms with E-state index in [1.807, 2.05) is 0 Å². The number of halogens is 1. The minimum atomic E-state index is -0.0586. The molecule has 46 valence electrons. The lowest BCUT2D eigenvalue weighted by Crippen LogP contribution is -2.22. The van der Waals surface area contributed by atoms with Crippen LogP contribution in [0, 0.1) is 5.92 Å². The van der Waals surface area contributed by atoms with Crippen LogP contribution in [0.4, 0.5) is 0 Å². The molecule has 0 aliphatic rings. The van der Waals surface area contributed by atoms with E-state index < -0.39 is 0 Å². The van der Waals surface area contributed by atoms with Crippen molar-refractivity contribution >= 4 is 19.6 Å². The maximum Gasteiger partial charge on any atom is 0.0925 e. The zero-order chi connectivity index (χ0) is 6.57. The van der Waals surface area contributed by atoms with Crippen LogP contribution in [0.5, 0.6) is 0 Å². The van der Waals surface area contributed by atoms with Gasteiger partial charge in [-0.1, -0.05) is 13.8 Å². The first-order valence-corrected chi connectivity index (χ1v) is 3.16. The van der Waals surface area contributed by atoms with Crippen LogP contribution in [0.25, 0.3) is 0 Å². The van der Waals surface area contributed by atoms with Crippen LogP contribution in [0.2, 0.25) is 0 Å². The van der Waals surface area contributed by atoms with Gasteiger partial charge in [0.25, 0.3) is 0 Å². The van der Waals surface area contributed by atoms with Gasteiger partial charge in [0, 0.05) is 0 Å². The summed E-state index contributed by atoms with van der Waals surface area (Å²) in [6.07, 6.45) is 0.920. The van der Waals surface area contributed by atoms with Gasteiger partial charge in [-0.2, -0.15) is 0 Å². The molecule has 0 saturated carbocycles. The first kappa shape index (κ1) is 8.31. The molecule has 1 N–H and O–H groups in total. The molecule has 1 nitrogen and oxygen atoms in total. The van der Waals surface area contributed by atoms with E-state index in [0.29, 0.717) is 5.92 Å². The summed E-state index contributed by atoms with van der Waals surface area (Å²) < 4.78 is 0. The number of nitrogens with one attached hydrogen (secondary N) is 1. The molecule has 0 spiro atoms. The Morgan fingerprint density at radius 2 is 2.12 bits per heavy atom. The van der Waals surface area contributed by atoms with Gasteiger partial charge in [0.15, 0.2) is 0 Å². The predicted octanol–water partition coefficient (Wildman–Crippen LogP) is 1.27. The third-order valence-electron chi connectivity index (χ3n) is 0.865. The maximum absolute atomic E-state index is 5.43. The van der Waals surface area contributed by atoms with Gasteiger partial charge in [0.05, 0.1) is 7.85 Å². The van der Waals surface area contributed by atoms with Gasteiger partial charge >= 0.3 is 0 Å². The SMILES string of the molecule is [B][C@H](CC(C)C)NCl. The van der Waals surface area contributed by atoms with Gasteiger partial charge in [0.2, 0.25) is 0 Å². The van der Waals surface area contributed by atoms with Crippen molar-refractivity contribution in [3.8, 4) is 0 Å². The zero-order valence-corrected chi connectivity index (χ0v) is 6.07. The molecule has 1 atom stereocenters.